The Morgan fingerprint density at radius 1 is 1.47 bits per heavy atom. The summed E-state index contributed by atoms with van der Waals surface area (Å²) in [5, 5.41) is 2.85. The number of ether oxygens (including phenoxy) is 1. The topological polar surface area (TPSA) is 55.4 Å². The molecule has 0 fully saturated rings. The molecule has 0 unspecified atom stereocenters. The Labute approximate surface area is 110 Å². The lowest BCUT2D eigenvalue weighted by Gasteiger charge is -2.18. The van der Waals surface area contributed by atoms with Crippen LogP contribution in [0, 0.1) is 5.82 Å². The first kappa shape index (κ1) is 13.3. The van der Waals surface area contributed by atoms with Crippen LogP contribution in [-0.2, 0) is 20.7 Å². The molecule has 1 aromatic carbocycles. The third-order valence-corrected chi connectivity index (χ3v) is 2.95. The molecule has 0 radical (unpaired) electrons. The van der Waals surface area contributed by atoms with E-state index in [0.717, 1.165) is 0 Å². The van der Waals surface area contributed by atoms with Gasteiger partial charge in [-0.05, 0) is 36.3 Å². The van der Waals surface area contributed by atoms with Crippen LogP contribution in [0.25, 0.3) is 6.08 Å². The summed E-state index contributed by atoms with van der Waals surface area (Å²) >= 11 is 0. The second-order valence-corrected chi connectivity index (χ2v) is 4.15. The van der Waals surface area contributed by atoms with Crippen LogP contribution < -0.4 is 5.32 Å². The lowest BCUT2D eigenvalue weighted by molar-refractivity contribution is -0.139. The largest absolute Gasteiger partial charge is 0.462 e. The molecule has 100 valence electrons. The third-order valence-electron chi connectivity index (χ3n) is 2.95. The summed E-state index contributed by atoms with van der Waals surface area (Å²) in [5.41, 5.74) is 1.76. The molecule has 0 saturated heterocycles. The zero-order chi connectivity index (χ0) is 14.0. The Morgan fingerprint density at radius 2 is 2.21 bits per heavy atom. The quantitative estimate of drug-likeness (QED) is 0.669. The summed E-state index contributed by atoms with van der Waals surface area (Å²) in [6.45, 7) is 1.86. The normalized spacial score (nSPS) is 13.6. The van der Waals surface area contributed by atoms with Crippen LogP contribution in [0.3, 0.4) is 0 Å². The van der Waals surface area contributed by atoms with Crippen LogP contribution in [-0.4, -0.2) is 25.4 Å². The number of benzene rings is 1. The van der Waals surface area contributed by atoms with Crippen molar-refractivity contribution < 1.29 is 18.7 Å². The summed E-state index contributed by atoms with van der Waals surface area (Å²) in [5.74, 6) is -1.39. The highest BCUT2D eigenvalue weighted by molar-refractivity contribution is 6.23. The third kappa shape index (κ3) is 2.50. The van der Waals surface area contributed by atoms with Gasteiger partial charge in [-0.3, -0.25) is 4.79 Å². The second kappa shape index (κ2) is 5.22. The van der Waals surface area contributed by atoms with Gasteiger partial charge in [0.15, 0.2) is 5.78 Å². The first-order valence-electron chi connectivity index (χ1n) is 5.99. The Balaban J connectivity index is 2.50. The summed E-state index contributed by atoms with van der Waals surface area (Å²) in [7, 11) is 1.66. The van der Waals surface area contributed by atoms with Crippen LogP contribution in [0.2, 0.25) is 0 Å². The van der Waals surface area contributed by atoms with E-state index < -0.39 is 11.8 Å². The van der Waals surface area contributed by atoms with Crippen molar-refractivity contribution in [1.29, 1.82) is 0 Å². The van der Waals surface area contributed by atoms with E-state index in [9.17, 15) is 14.0 Å². The Morgan fingerprint density at radius 3 is 2.84 bits per heavy atom. The molecule has 0 spiro atoms. The zero-order valence-electron chi connectivity index (χ0n) is 10.7. The standard InChI is InChI=1S/C14H14FNO3/c1-3-19-14(18)11-5-8-4-9(15)6-12(16-2)10(8)7-13(11)17/h4-6,16H,3,7H2,1-2H3. The number of nitrogens with one attached hydrogen (secondary N) is 1. The molecule has 0 amide bonds. The van der Waals surface area contributed by atoms with Gasteiger partial charge in [-0.25, -0.2) is 9.18 Å². The summed E-state index contributed by atoms with van der Waals surface area (Å²) in [4.78, 5) is 23.6. The molecule has 19 heavy (non-hydrogen) atoms. The molecule has 0 aliphatic heterocycles. The van der Waals surface area contributed by atoms with Gasteiger partial charge in [0, 0.05) is 19.2 Å². The van der Waals surface area contributed by atoms with E-state index in [1.54, 1.807) is 14.0 Å². The van der Waals surface area contributed by atoms with Crippen molar-refractivity contribution in [2.45, 2.75) is 13.3 Å². The molecular formula is C14H14FNO3. The molecule has 0 heterocycles. The van der Waals surface area contributed by atoms with Gasteiger partial charge >= 0.3 is 5.97 Å². The summed E-state index contributed by atoms with van der Waals surface area (Å²) in [6, 6.07) is 2.64. The van der Waals surface area contributed by atoms with E-state index in [-0.39, 0.29) is 24.4 Å². The van der Waals surface area contributed by atoms with Crippen molar-refractivity contribution in [3.8, 4) is 0 Å². The van der Waals surface area contributed by atoms with Crippen LogP contribution in [0.15, 0.2) is 17.7 Å². The van der Waals surface area contributed by atoms with Crippen molar-refractivity contribution >= 4 is 23.5 Å². The van der Waals surface area contributed by atoms with E-state index in [1.807, 2.05) is 0 Å². The van der Waals surface area contributed by atoms with Gasteiger partial charge in [0.05, 0.1) is 6.61 Å². The number of hydrogen-bond donors (Lipinski definition) is 1. The van der Waals surface area contributed by atoms with E-state index in [0.29, 0.717) is 16.8 Å². The highest BCUT2D eigenvalue weighted by Gasteiger charge is 2.26. The Bertz CT molecular complexity index is 578. The van der Waals surface area contributed by atoms with Crippen LogP contribution in [0.1, 0.15) is 18.1 Å². The molecule has 0 saturated carbocycles. The highest BCUT2D eigenvalue weighted by Crippen LogP contribution is 2.29. The van der Waals surface area contributed by atoms with Crippen LogP contribution in [0.4, 0.5) is 10.1 Å². The molecule has 1 aromatic rings. The second-order valence-electron chi connectivity index (χ2n) is 4.15. The maximum absolute atomic E-state index is 13.4. The van der Waals surface area contributed by atoms with Gasteiger partial charge in [-0.2, -0.15) is 0 Å². The smallest absolute Gasteiger partial charge is 0.341 e. The Hall–Kier alpha value is -2.17. The molecule has 5 heteroatoms. The summed E-state index contributed by atoms with van der Waals surface area (Å²) in [6.07, 6.45) is 1.46. The van der Waals surface area contributed by atoms with Crippen molar-refractivity contribution in [2.75, 3.05) is 19.0 Å². The number of carbonyl (C=O) groups is 2. The van der Waals surface area contributed by atoms with Crippen LogP contribution >= 0.6 is 0 Å². The minimum Gasteiger partial charge on any atom is -0.462 e. The number of anilines is 1. The fourth-order valence-corrected chi connectivity index (χ4v) is 2.08. The molecule has 0 aromatic heterocycles. The van der Waals surface area contributed by atoms with Crippen molar-refractivity contribution in [2.24, 2.45) is 0 Å². The monoisotopic (exact) mass is 263 g/mol. The van der Waals surface area contributed by atoms with E-state index >= 15 is 0 Å². The Kier molecular flexibility index (Phi) is 3.64. The fraction of sp³-hybridized carbons (Fsp3) is 0.286. The maximum Gasteiger partial charge on any atom is 0.341 e. The molecule has 1 aliphatic rings. The van der Waals surface area contributed by atoms with E-state index in [1.165, 1.54) is 18.2 Å². The minimum atomic E-state index is -0.659. The van der Waals surface area contributed by atoms with Crippen LogP contribution in [0.5, 0.6) is 0 Å². The van der Waals surface area contributed by atoms with Crippen molar-refractivity contribution in [3.05, 3.63) is 34.6 Å². The molecule has 0 atom stereocenters. The van der Waals surface area contributed by atoms with Crippen molar-refractivity contribution in [3.63, 3.8) is 0 Å². The van der Waals surface area contributed by atoms with E-state index in [2.05, 4.69) is 5.32 Å². The number of halogens is 1. The number of fused-ring (bicyclic) bond motifs is 1. The molecular weight excluding hydrogens is 249 g/mol. The average Bonchev–Trinajstić information content (AvgIpc) is 2.38. The van der Waals surface area contributed by atoms with Gasteiger partial charge < -0.3 is 10.1 Å². The SMILES string of the molecule is CCOC(=O)C1=Cc2cc(F)cc(NC)c2CC1=O. The minimum absolute atomic E-state index is 0.0259. The molecule has 1 aliphatic carbocycles. The lowest BCUT2D eigenvalue weighted by Crippen LogP contribution is -2.21. The molecule has 1 N–H and O–H groups in total. The predicted molar refractivity (Wildman–Crippen MR) is 69.3 cm³/mol. The molecule has 4 nitrogen and oxygen atoms in total. The predicted octanol–water partition coefficient (Wildman–Crippen LogP) is 1.94. The highest BCUT2D eigenvalue weighted by atomic mass is 19.1. The number of Topliss-reactive ketones (excluding diaryl/α,β-unsaturated/α-hetero) is 1. The number of ketones is 1. The fourth-order valence-electron chi connectivity index (χ4n) is 2.08. The number of carbonyl (C=O) groups excluding carboxylic acids is 2. The molecule has 2 rings (SSSR count). The van der Waals surface area contributed by atoms with Gasteiger partial charge in [0.1, 0.15) is 11.4 Å². The van der Waals surface area contributed by atoms with E-state index in [4.69, 9.17) is 4.74 Å². The number of hydrogen-bond acceptors (Lipinski definition) is 4. The zero-order valence-corrected chi connectivity index (χ0v) is 10.7. The van der Waals surface area contributed by atoms with Gasteiger partial charge in [0.25, 0.3) is 0 Å². The number of rotatable bonds is 3. The van der Waals surface area contributed by atoms with Gasteiger partial charge in [0.2, 0.25) is 0 Å². The maximum atomic E-state index is 13.4. The first-order chi connectivity index (χ1) is 9.06. The van der Waals surface area contributed by atoms with Gasteiger partial charge in [-0.1, -0.05) is 0 Å². The molecule has 0 bridgehead atoms. The lowest BCUT2D eigenvalue weighted by atomic mass is 9.90. The van der Waals surface area contributed by atoms with Gasteiger partial charge in [-0.15, -0.1) is 0 Å². The first-order valence-corrected chi connectivity index (χ1v) is 5.99. The van der Waals surface area contributed by atoms with Crippen molar-refractivity contribution in [1.82, 2.24) is 0 Å². The average molecular weight is 263 g/mol. The number of esters is 1. The summed E-state index contributed by atoms with van der Waals surface area (Å²) < 4.78 is 18.3.